The molecule has 1 amide bonds. The van der Waals surface area contributed by atoms with Crippen molar-refractivity contribution < 1.29 is 19.1 Å². The van der Waals surface area contributed by atoms with Crippen LogP contribution in [-0.4, -0.2) is 17.0 Å². The molecule has 1 aromatic carbocycles. The summed E-state index contributed by atoms with van der Waals surface area (Å²) in [4.78, 5) is 22.8. The van der Waals surface area contributed by atoms with E-state index < -0.39 is 23.8 Å². The molecule has 1 rings (SSSR count). The normalized spacial score (nSPS) is 14.4. The van der Waals surface area contributed by atoms with Gasteiger partial charge in [-0.25, -0.2) is 4.39 Å². The van der Waals surface area contributed by atoms with Crippen molar-refractivity contribution in [2.24, 2.45) is 11.3 Å². The number of aliphatic carboxylic acids is 1. The highest BCUT2D eigenvalue weighted by molar-refractivity contribution is 5.96. The lowest BCUT2D eigenvalue weighted by atomic mass is 9.82. The number of carboxylic acids is 1. The molecule has 0 aromatic heterocycles. The van der Waals surface area contributed by atoms with Crippen LogP contribution < -0.4 is 5.32 Å². The third-order valence-corrected chi connectivity index (χ3v) is 3.12. The van der Waals surface area contributed by atoms with Gasteiger partial charge in [0.25, 0.3) is 0 Å². The van der Waals surface area contributed by atoms with Gasteiger partial charge in [-0.2, -0.15) is 0 Å². The quantitative estimate of drug-likeness (QED) is 0.834. The molecule has 1 aromatic rings. The predicted molar refractivity (Wildman–Crippen MR) is 73.5 cm³/mol. The highest BCUT2D eigenvalue weighted by Gasteiger charge is 2.31. The van der Waals surface area contributed by atoms with Gasteiger partial charge in [0.15, 0.2) is 0 Å². The lowest BCUT2D eigenvalue weighted by Crippen LogP contribution is -2.41. The second-order valence-electron chi connectivity index (χ2n) is 5.92. The van der Waals surface area contributed by atoms with E-state index in [0.29, 0.717) is 0 Å². The lowest BCUT2D eigenvalue weighted by molar-refractivity contribution is -0.146. The van der Waals surface area contributed by atoms with E-state index in [9.17, 15) is 14.0 Å². The molecule has 0 aliphatic rings. The standard InChI is InChI=1S/C15H20FNO3/c1-9(14(19)20)13(18)17-12(15(2,3)4)10-5-7-11(16)8-6-10/h5-9,12H,1-4H3,(H,17,18)(H,19,20). The molecule has 0 heterocycles. The number of hydrogen-bond donors (Lipinski definition) is 2. The maximum absolute atomic E-state index is 13.0. The Hall–Kier alpha value is -1.91. The number of carbonyl (C=O) groups excluding carboxylic acids is 1. The molecular formula is C15H20FNO3. The van der Waals surface area contributed by atoms with Crippen molar-refractivity contribution in [2.75, 3.05) is 0 Å². The largest absolute Gasteiger partial charge is 0.481 e. The smallest absolute Gasteiger partial charge is 0.315 e. The number of hydrogen-bond acceptors (Lipinski definition) is 2. The average molecular weight is 281 g/mol. The first-order valence-corrected chi connectivity index (χ1v) is 6.41. The van der Waals surface area contributed by atoms with Crippen LogP contribution in [0.3, 0.4) is 0 Å². The third-order valence-electron chi connectivity index (χ3n) is 3.12. The molecule has 0 fully saturated rings. The van der Waals surface area contributed by atoms with E-state index in [1.807, 2.05) is 20.8 Å². The molecule has 2 N–H and O–H groups in total. The van der Waals surface area contributed by atoms with Crippen molar-refractivity contribution >= 4 is 11.9 Å². The Balaban J connectivity index is 3.00. The van der Waals surface area contributed by atoms with Gasteiger partial charge < -0.3 is 10.4 Å². The van der Waals surface area contributed by atoms with E-state index >= 15 is 0 Å². The van der Waals surface area contributed by atoms with Gasteiger partial charge in [-0.05, 0) is 30.0 Å². The van der Waals surface area contributed by atoms with Crippen LogP contribution in [0.4, 0.5) is 4.39 Å². The first kappa shape index (κ1) is 16.1. The van der Waals surface area contributed by atoms with Crippen molar-refractivity contribution in [3.05, 3.63) is 35.6 Å². The fourth-order valence-corrected chi connectivity index (χ4v) is 1.83. The zero-order valence-corrected chi connectivity index (χ0v) is 12.1. The molecule has 0 aliphatic heterocycles. The molecule has 5 heteroatoms. The summed E-state index contributed by atoms with van der Waals surface area (Å²) in [6.07, 6.45) is 0. The maximum atomic E-state index is 13.0. The molecule has 2 unspecified atom stereocenters. The van der Waals surface area contributed by atoms with Gasteiger partial charge in [-0.1, -0.05) is 32.9 Å². The Morgan fingerprint density at radius 1 is 1.20 bits per heavy atom. The number of halogens is 1. The summed E-state index contributed by atoms with van der Waals surface area (Å²) in [7, 11) is 0. The number of benzene rings is 1. The third kappa shape index (κ3) is 4.05. The number of rotatable bonds is 4. The average Bonchev–Trinajstić information content (AvgIpc) is 2.34. The summed E-state index contributed by atoms with van der Waals surface area (Å²) in [6.45, 7) is 7.11. The van der Waals surface area contributed by atoms with Crippen LogP contribution in [0.1, 0.15) is 39.3 Å². The number of carboxylic acid groups (broad SMARTS) is 1. The minimum atomic E-state index is -1.17. The second-order valence-corrected chi connectivity index (χ2v) is 5.92. The second kappa shape index (κ2) is 6.03. The summed E-state index contributed by atoms with van der Waals surface area (Å²) in [5.41, 5.74) is 0.413. The number of amides is 1. The van der Waals surface area contributed by atoms with Crippen molar-refractivity contribution in [3.63, 3.8) is 0 Å². The molecule has 4 nitrogen and oxygen atoms in total. The molecule has 110 valence electrons. The van der Waals surface area contributed by atoms with E-state index in [1.54, 1.807) is 12.1 Å². The number of carbonyl (C=O) groups is 2. The van der Waals surface area contributed by atoms with Crippen LogP contribution >= 0.6 is 0 Å². The summed E-state index contributed by atoms with van der Waals surface area (Å²) in [5.74, 6) is -3.21. The topological polar surface area (TPSA) is 66.4 Å². The fraction of sp³-hybridized carbons (Fsp3) is 0.467. The van der Waals surface area contributed by atoms with Crippen LogP contribution in [0.5, 0.6) is 0 Å². The van der Waals surface area contributed by atoms with Crippen LogP contribution in [-0.2, 0) is 9.59 Å². The van der Waals surface area contributed by atoms with Gasteiger partial charge in [0.05, 0.1) is 6.04 Å². The van der Waals surface area contributed by atoms with Crippen molar-refractivity contribution in [2.45, 2.75) is 33.7 Å². The molecule has 0 saturated heterocycles. The zero-order valence-electron chi connectivity index (χ0n) is 12.1. The molecule has 0 radical (unpaired) electrons. The summed E-state index contributed by atoms with van der Waals surface area (Å²) in [5, 5.41) is 11.6. The summed E-state index contributed by atoms with van der Waals surface area (Å²) >= 11 is 0. The number of nitrogens with one attached hydrogen (secondary N) is 1. The Morgan fingerprint density at radius 3 is 2.10 bits per heavy atom. The van der Waals surface area contributed by atoms with Crippen LogP contribution in [0.2, 0.25) is 0 Å². The van der Waals surface area contributed by atoms with Crippen molar-refractivity contribution in [1.82, 2.24) is 5.32 Å². The van der Waals surface area contributed by atoms with E-state index in [1.165, 1.54) is 19.1 Å². The maximum Gasteiger partial charge on any atom is 0.315 e. The van der Waals surface area contributed by atoms with Gasteiger partial charge >= 0.3 is 5.97 Å². The monoisotopic (exact) mass is 281 g/mol. The highest BCUT2D eigenvalue weighted by Crippen LogP contribution is 2.33. The van der Waals surface area contributed by atoms with Crippen LogP contribution in [0.15, 0.2) is 24.3 Å². The molecular weight excluding hydrogens is 261 g/mol. The Bertz CT molecular complexity index is 491. The van der Waals surface area contributed by atoms with Gasteiger partial charge in [0, 0.05) is 0 Å². The summed E-state index contributed by atoms with van der Waals surface area (Å²) in [6, 6.07) is 5.44. The van der Waals surface area contributed by atoms with E-state index in [2.05, 4.69) is 5.32 Å². The van der Waals surface area contributed by atoms with Crippen LogP contribution in [0.25, 0.3) is 0 Å². The molecule has 0 aliphatic carbocycles. The van der Waals surface area contributed by atoms with Gasteiger partial charge in [-0.3, -0.25) is 9.59 Å². The predicted octanol–water partition coefficient (Wildman–Crippen LogP) is 2.75. The Labute approximate surface area is 118 Å². The van der Waals surface area contributed by atoms with Crippen LogP contribution in [0, 0.1) is 17.2 Å². The minimum absolute atomic E-state index is 0.328. The lowest BCUT2D eigenvalue weighted by Gasteiger charge is -2.32. The summed E-state index contributed by atoms with van der Waals surface area (Å²) < 4.78 is 13.0. The molecule has 0 spiro atoms. The van der Waals surface area contributed by atoms with E-state index in [0.717, 1.165) is 5.56 Å². The molecule has 20 heavy (non-hydrogen) atoms. The van der Waals surface area contributed by atoms with Crippen molar-refractivity contribution in [3.8, 4) is 0 Å². The highest BCUT2D eigenvalue weighted by atomic mass is 19.1. The fourth-order valence-electron chi connectivity index (χ4n) is 1.83. The van der Waals surface area contributed by atoms with Gasteiger partial charge in [-0.15, -0.1) is 0 Å². The Morgan fingerprint density at radius 2 is 1.70 bits per heavy atom. The van der Waals surface area contributed by atoms with Crippen molar-refractivity contribution in [1.29, 1.82) is 0 Å². The molecule has 2 atom stereocenters. The van der Waals surface area contributed by atoms with E-state index in [4.69, 9.17) is 5.11 Å². The SMILES string of the molecule is CC(C(=O)O)C(=O)NC(c1ccc(F)cc1)C(C)(C)C. The minimum Gasteiger partial charge on any atom is -0.481 e. The first-order valence-electron chi connectivity index (χ1n) is 6.41. The molecule has 0 bridgehead atoms. The zero-order chi connectivity index (χ0) is 15.5. The van der Waals surface area contributed by atoms with E-state index in [-0.39, 0.29) is 11.2 Å². The molecule has 0 saturated carbocycles. The Kier molecular flexibility index (Phi) is 4.87. The first-order chi connectivity index (χ1) is 9.12. The van der Waals surface area contributed by atoms with Gasteiger partial charge in [0.2, 0.25) is 5.91 Å². The van der Waals surface area contributed by atoms with Gasteiger partial charge in [0.1, 0.15) is 11.7 Å².